The normalized spacial score (nSPS) is 15.4. The van der Waals surface area contributed by atoms with Crippen LogP contribution in [0.3, 0.4) is 0 Å². The van der Waals surface area contributed by atoms with Gasteiger partial charge in [-0.1, -0.05) is 0 Å². The molecule has 0 radical (unpaired) electrons. The number of nitrogens with zero attached hydrogens (tertiary/aromatic N) is 3. The van der Waals surface area contributed by atoms with Gasteiger partial charge in [-0.15, -0.1) is 0 Å². The Morgan fingerprint density at radius 3 is 2.55 bits per heavy atom. The van der Waals surface area contributed by atoms with E-state index in [0.717, 1.165) is 31.3 Å². The molecule has 0 bridgehead atoms. The molecule has 164 valence electrons. The minimum Gasteiger partial charge on any atom is -0.370 e. The number of halogens is 4. The van der Waals surface area contributed by atoms with Crippen molar-refractivity contribution in [3.05, 3.63) is 53.6 Å². The van der Waals surface area contributed by atoms with Crippen LogP contribution in [0.15, 0.2) is 36.4 Å². The SMILES string of the molecule is O=C(NCC[NH+]1CCOCC1)c1cc2nc(-c3ccc(F)cc3)cc(C(F)(F)F)n2n1. The number of fused-ring (bicyclic) bond motifs is 1. The summed E-state index contributed by atoms with van der Waals surface area (Å²) in [5.74, 6) is -1.09. The predicted molar refractivity (Wildman–Crippen MR) is 102 cm³/mol. The number of hydrogen-bond acceptors (Lipinski definition) is 4. The molecular weight excluding hydrogens is 418 g/mol. The smallest absolute Gasteiger partial charge is 0.370 e. The second kappa shape index (κ2) is 8.60. The molecule has 1 aliphatic rings. The number of quaternary nitrogens is 1. The van der Waals surface area contributed by atoms with Crippen molar-refractivity contribution in [1.82, 2.24) is 19.9 Å². The lowest BCUT2D eigenvalue weighted by atomic mass is 10.1. The molecule has 0 spiro atoms. The van der Waals surface area contributed by atoms with E-state index < -0.39 is 23.6 Å². The van der Waals surface area contributed by atoms with Gasteiger partial charge in [-0.3, -0.25) is 4.79 Å². The molecule has 1 aliphatic heterocycles. The summed E-state index contributed by atoms with van der Waals surface area (Å²) >= 11 is 0. The van der Waals surface area contributed by atoms with Gasteiger partial charge < -0.3 is 15.0 Å². The molecule has 7 nitrogen and oxygen atoms in total. The number of morpholine rings is 1. The van der Waals surface area contributed by atoms with Crippen molar-refractivity contribution in [2.45, 2.75) is 6.18 Å². The van der Waals surface area contributed by atoms with E-state index in [4.69, 9.17) is 4.74 Å². The van der Waals surface area contributed by atoms with Gasteiger partial charge >= 0.3 is 6.18 Å². The summed E-state index contributed by atoms with van der Waals surface area (Å²) in [4.78, 5) is 17.9. The van der Waals surface area contributed by atoms with Crippen LogP contribution in [0.2, 0.25) is 0 Å². The standard InChI is InChI=1S/C20H19F4N5O2/c21-14-3-1-13(2-4-14)15-11-17(20(22,23)24)29-18(26-15)12-16(27-29)19(30)25-5-6-28-7-9-31-10-8-28/h1-4,11-12H,5-10H2,(H,25,30)/p+1. The molecule has 2 aromatic heterocycles. The van der Waals surface area contributed by atoms with E-state index in [1.165, 1.54) is 23.1 Å². The van der Waals surface area contributed by atoms with Crippen molar-refractivity contribution in [3.8, 4) is 11.3 Å². The van der Waals surface area contributed by atoms with E-state index in [1.807, 2.05) is 0 Å². The lowest BCUT2D eigenvalue weighted by molar-refractivity contribution is -0.906. The summed E-state index contributed by atoms with van der Waals surface area (Å²) in [6, 6.07) is 6.99. The van der Waals surface area contributed by atoms with Crippen LogP contribution in [0.5, 0.6) is 0 Å². The van der Waals surface area contributed by atoms with Crippen LogP contribution in [0.1, 0.15) is 16.2 Å². The lowest BCUT2D eigenvalue weighted by Gasteiger charge is -2.23. The monoisotopic (exact) mass is 438 g/mol. The average molecular weight is 438 g/mol. The van der Waals surface area contributed by atoms with E-state index in [0.29, 0.717) is 36.4 Å². The van der Waals surface area contributed by atoms with Crippen molar-refractivity contribution in [1.29, 1.82) is 0 Å². The third kappa shape index (κ3) is 4.83. The highest BCUT2D eigenvalue weighted by Crippen LogP contribution is 2.32. The minimum atomic E-state index is -4.73. The maximum Gasteiger partial charge on any atom is 0.433 e. The van der Waals surface area contributed by atoms with Crippen LogP contribution in [0, 0.1) is 5.82 Å². The fourth-order valence-electron chi connectivity index (χ4n) is 3.41. The minimum absolute atomic E-state index is 0.00241. The maximum absolute atomic E-state index is 13.6. The highest BCUT2D eigenvalue weighted by molar-refractivity contribution is 5.93. The second-order valence-electron chi connectivity index (χ2n) is 7.20. The molecule has 1 amide bonds. The lowest BCUT2D eigenvalue weighted by Crippen LogP contribution is -3.14. The summed E-state index contributed by atoms with van der Waals surface area (Å²) in [6.45, 7) is 4.06. The Balaban J connectivity index is 1.59. The summed E-state index contributed by atoms with van der Waals surface area (Å²) < 4.78 is 60.0. The first kappa shape index (κ1) is 21.2. The molecule has 0 atom stereocenters. The van der Waals surface area contributed by atoms with E-state index in [9.17, 15) is 22.4 Å². The molecule has 2 N–H and O–H groups in total. The highest BCUT2D eigenvalue weighted by Gasteiger charge is 2.35. The van der Waals surface area contributed by atoms with E-state index in [-0.39, 0.29) is 17.0 Å². The molecular formula is C20H20F4N5O2+. The van der Waals surface area contributed by atoms with Gasteiger partial charge in [-0.05, 0) is 30.3 Å². The zero-order valence-electron chi connectivity index (χ0n) is 16.4. The number of ether oxygens (including phenoxy) is 1. The summed E-state index contributed by atoms with van der Waals surface area (Å²) in [6.07, 6.45) is -4.73. The van der Waals surface area contributed by atoms with Crippen molar-refractivity contribution < 1.29 is 32.0 Å². The largest absolute Gasteiger partial charge is 0.433 e. The molecule has 3 aromatic rings. The van der Waals surface area contributed by atoms with Crippen LogP contribution in [0.25, 0.3) is 16.9 Å². The van der Waals surface area contributed by atoms with E-state index in [2.05, 4.69) is 15.4 Å². The van der Waals surface area contributed by atoms with Gasteiger partial charge in [0.1, 0.15) is 18.9 Å². The van der Waals surface area contributed by atoms with Gasteiger partial charge in [0.2, 0.25) is 0 Å². The Morgan fingerprint density at radius 1 is 1.16 bits per heavy atom. The fourth-order valence-corrected chi connectivity index (χ4v) is 3.41. The number of amides is 1. The van der Waals surface area contributed by atoms with Crippen LogP contribution in [0.4, 0.5) is 17.6 Å². The molecule has 0 unspecified atom stereocenters. The molecule has 1 aromatic carbocycles. The molecule has 3 heterocycles. The van der Waals surface area contributed by atoms with Crippen LogP contribution >= 0.6 is 0 Å². The predicted octanol–water partition coefficient (Wildman–Crippen LogP) is 1.20. The van der Waals surface area contributed by atoms with Gasteiger partial charge in [-0.25, -0.2) is 13.9 Å². The molecule has 4 rings (SSSR count). The number of rotatable bonds is 5. The van der Waals surface area contributed by atoms with Gasteiger partial charge in [-0.2, -0.15) is 18.3 Å². The molecule has 0 aliphatic carbocycles. The third-order valence-corrected chi connectivity index (χ3v) is 5.05. The molecule has 1 fully saturated rings. The van der Waals surface area contributed by atoms with E-state index in [1.54, 1.807) is 0 Å². The third-order valence-electron chi connectivity index (χ3n) is 5.05. The fraction of sp³-hybridized carbons (Fsp3) is 0.350. The number of alkyl halides is 3. The van der Waals surface area contributed by atoms with Gasteiger partial charge in [0.15, 0.2) is 17.0 Å². The van der Waals surface area contributed by atoms with Crippen LogP contribution in [-0.2, 0) is 10.9 Å². The molecule has 1 saturated heterocycles. The maximum atomic E-state index is 13.6. The number of nitrogens with one attached hydrogen (secondary N) is 2. The average Bonchev–Trinajstić information content (AvgIpc) is 3.18. The number of hydrogen-bond donors (Lipinski definition) is 2. The zero-order chi connectivity index (χ0) is 22.0. The summed E-state index contributed by atoms with van der Waals surface area (Å²) in [5, 5.41) is 6.52. The first-order chi connectivity index (χ1) is 14.8. The Kier molecular flexibility index (Phi) is 5.88. The zero-order valence-corrected chi connectivity index (χ0v) is 16.4. The van der Waals surface area contributed by atoms with Crippen LogP contribution < -0.4 is 10.2 Å². The Labute approximate surface area is 174 Å². The summed E-state index contributed by atoms with van der Waals surface area (Å²) in [5.41, 5.74) is -1.05. The highest BCUT2D eigenvalue weighted by atomic mass is 19.4. The van der Waals surface area contributed by atoms with Crippen molar-refractivity contribution >= 4 is 11.6 Å². The van der Waals surface area contributed by atoms with Crippen molar-refractivity contribution in [2.24, 2.45) is 0 Å². The number of carbonyl (C=O) groups excluding carboxylic acids is 1. The van der Waals surface area contributed by atoms with Gasteiger partial charge in [0.05, 0.1) is 32.0 Å². The molecule has 31 heavy (non-hydrogen) atoms. The quantitative estimate of drug-likeness (QED) is 0.588. The van der Waals surface area contributed by atoms with Crippen molar-refractivity contribution in [3.63, 3.8) is 0 Å². The van der Waals surface area contributed by atoms with Gasteiger partial charge in [0, 0.05) is 11.6 Å². The van der Waals surface area contributed by atoms with E-state index >= 15 is 0 Å². The Hall–Kier alpha value is -3.05. The van der Waals surface area contributed by atoms with Gasteiger partial charge in [0.25, 0.3) is 5.91 Å². The number of benzene rings is 1. The number of aromatic nitrogens is 3. The Bertz CT molecular complexity index is 1080. The first-order valence-electron chi connectivity index (χ1n) is 9.75. The summed E-state index contributed by atoms with van der Waals surface area (Å²) in [7, 11) is 0. The number of carbonyl (C=O) groups is 1. The molecule has 11 heteroatoms. The molecule has 0 saturated carbocycles. The Morgan fingerprint density at radius 2 is 1.87 bits per heavy atom. The van der Waals surface area contributed by atoms with Crippen molar-refractivity contribution in [2.75, 3.05) is 39.4 Å². The second-order valence-corrected chi connectivity index (χ2v) is 7.20. The van der Waals surface area contributed by atoms with Crippen LogP contribution in [-0.4, -0.2) is 59.9 Å². The topological polar surface area (TPSA) is 73.0 Å². The first-order valence-corrected chi connectivity index (χ1v) is 9.75.